The lowest BCUT2D eigenvalue weighted by Crippen LogP contribution is -2.28. The molecule has 0 aliphatic rings. The average molecular weight is 488 g/mol. The standard InChI is InChI=1S/C16H10F6N2O5S2/c17-15(18,19)13(25)30-12-7-3-10(4-8-12)24-14(26)23-9-1-5-11(6-2-9)29-31(27,28)16(20,21)22/h1-8H,(H2,23,24,26). The highest BCUT2D eigenvalue weighted by molar-refractivity contribution is 8.13. The van der Waals surface area contributed by atoms with E-state index in [1.807, 2.05) is 0 Å². The summed E-state index contributed by atoms with van der Waals surface area (Å²) in [7, 11) is -5.83. The van der Waals surface area contributed by atoms with Gasteiger partial charge in [0.25, 0.3) is 5.12 Å². The van der Waals surface area contributed by atoms with Crippen molar-refractivity contribution in [1.82, 2.24) is 0 Å². The van der Waals surface area contributed by atoms with Crippen molar-refractivity contribution in [3.63, 3.8) is 0 Å². The normalized spacial score (nSPS) is 12.2. The zero-order chi connectivity index (χ0) is 23.4. The van der Waals surface area contributed by atoms with Crippen molar-refractivity contribution in [2.24, 2.45) is 0 Å². The molecule has 0 heterocycles. The van der Waals surface area contributed by atoms with E-state index in [0.29, 0.717) is 0 Å². The molecule has 0 saturated heterocycles. The summed E-state index contributed by atoms with van der Waals surface area (Å²) in [6.45, 7) is 0. The van der Waals surface area contributed by atoms with Crippen molar-refractivity contribution in [2.45, 2.75) is 16.6 Å². The highest BCUT2D eigenvalue weighted by atomic mass is 32.2. The summed E-state index contributed by atoms with van der Waals surface area (Å²) in [4.78, 5) is 22.8. The molecule has 0 aliphatic heterocycles. The van der Waals surface area contributed by atoms with Gasteiger partial charge in [0.05, 0.1) is 0 Å². The predicted molar refractivity (Wildman–Crippen MR) is 98.0 cm³/mol. The maximum absolute atomic E-state index is 12.3. The molecule has 2 amide bonds. The highest BCUT2D eigenvalue weighted by Crippen LogP contribution is 2.30. The number of amides is 2. The Morgan fingerprint density at radius 3 is 1.68 bits per heavy atom. The number of urea groups is 1. The van der Waals surface area contributed by atoms with Gasteiger partial charge in [0.2, 0.25) is 0 Å². The number of carbonyl (C=O) groups is 2. The highest BCUT2D eigenvalue weighted by Gasteiger charge is 2.48. The van der Waals surface area contributed by atoms with Gasteiger partial charge in [0, 0.05) is 16.3 Å². The second kappa shape index (κ2) is 9.05. The quantitative estimate of drug-likeness (QED) is 0.273. The number of thioether (sulfide) groups is 1. The fourth-order valence-corrected chi connectivity index (χ4v) is 2.89. The van der Waals surface area contributed by atoms with Gasteiger partial charge in [-0.15, -0.1) is 0 Å². The van der Waals surface area contributed by atoms with E-state index < -0.39 is 38.7 Å². The van der Waals surface area contributed by atoms with Crippen LogP contribution in [0.4, 0.5) is 42.5 Å². The van der Waals surface area contributed by atoms with Gasteiger partial charge in [-0.1, -0.05) is 0 Å². The lowest BCUT2D eigenvalue weighted by molar-refractivity contribution is -0.160. The number of anilines is 2. The fourth-order valence-electron chi connectivity index (χ4n) is 1.83. The molecule has 7 nitrogen and oxygen atoms in total. The molecule has 31 heavy (non-hydrogen) atoms. The van der Waals surface area contributed by atoms with Gasteiger partial charge < -0.3 is 14.8 Å². The minimum Gasteiger partial charge on any atom is -0.376 e. The molecule has 168 valence electrons. The van der Waals surface area contributed by atoms with Crippen LogP contribution in [0.2, 0.25) is 0 Å². The van der Waals surface area contributed by atoms with E-state index in [2.05, 4.69) is 14.8 Å². The second-order valence-corrected chi connectivity index (χ2v) is 8.08. The van der Waals surface area contributed by atoms with Gasteiger partial charge in [-0.25, -0.2) is 4.79 Å². The van der Waals surface area contributed by atoms with Gasteiger partial charge in [0.1, 0.15) is 5.75 Å². The van der Waals surface area contributed by atoms with E-state index in [4.69, 9.17) is 0 Å². The van der Waals surface area contributed by atoms with Gasteiger partial charge >= 0.3 is 27.8 Å². The first kappa shape index (κ1) is 24.3. The molecule has 0 unspecified atom stereocenters. The number of rotatable bonds is 5. The van der Waals surface area contributed by atoms with Crippen LogP contribution in [0.5, 0.6) is 5.75 Å². The second-order valence-electron chi connectivity index (χ2n) is 5.50. The molecule has 2 aromatic carbocycles. The number of halogens is 6. The monoisotopic (exact) mass is 488 g/mol. The van der Waals surface area contributed by atoms with Crippen LogP contribution in [0.15, 0.2) is 53.4 Å². The summed E-state index contributed by atoms with van der Waals surface area (Å²) < 4.78 is 99.2. The van der Waals surface area contributed by atoms with Crippen LogP contribution in [-0.2, 0) is 14.9 Å². The van der Waals surface area contributed by atoms with Crippen LogP contribution in [0.1, 0.15) is 0 Å². The topological polar surface area (TPSA) is 102 Å². The minimum absolute atomic E-state index is 0.00215. The van der Waals surface area contributed by atoms with E-state index >= 15 is 0 Å². The molecule has 0 spiro atoms. The summed E-state index contributed by atoms with van der Waals surface area (Å²) >= 11 is -0.0300. The third kappa shape index (κ3) is 7.06. The molecule has 0 fully saturated rings. The molecule has 0 aliphatic carbocycles. The van der Waals surface area contributed by atoms with E-state index in [1.54, 1.807) is 0 Å². The zero-order valence-corrected chi connectivity index (χ0v) is 16.4. The van der Waals surface area contributed by atoms with Crippen LogP contribution in [0.3, 0.4) is 0 Å². The fraction of sp³-hybridized carbons (Fsp3) is 0.125. The Hall–Kier alpha value is -2.94. The van der Waals surface area contributed by atoms with Crippen LogP contribution >= 0.6 is 11.8 Å². The Morgan fingerprint density at radius 2 is 1.26 bits per heavy atom. The Kier molecular flexibility index (Phi) is 7.10. The van der Waals surface area contributed by atoms with Crippen LogP contribution < -0.4 is 14.8 Å². The number of nitrogens with one attached hydrogen (secondary N) is 2. The van der Waals surface area contributed by atoms with Crippen LogP contribution in [-0.4, -0.2) is 31.2 Å². The molecule has 15 heteroatoms. The largest absolute Gasteiger partial charge is 0.534 e. The summed E-state index contributed by atoms with van der Waals surface area (Å²) in [5.74, 6) is -0.634. The van der Waals surface area contributed by atoms with E-state index in [0.717, 1.165) is 24.3 Å². The van der Waals surface area contributed by atoms with Gasteiger partial charge in [0.15, 0.2) is 0 Å². The molecule has 2 rings (SSSR count). The Morgan fingerprint density at radius 1 is 0.806 bits per heavy atom. The van der Waals surface area contributed by atoms with Crippen molar-refractivity contribution < 1.29 is 48.5 Å². The molecule has 0 aromatic heterocycles. The smallest absolute Gasteiger partial charge is 0.376 e. The number of carbonyl (C=O) groups excluding carboxylic acids is 2. The molecular formula is C16H10F6N2O5S2. The minimum atomic E-state index is -5.83. The third-order valence-electron chi connectivity index (χ3n) is 3.16. The molecule has 0 saturated carbocycles. The molecule has 0 radical (unpaired) electrons. The van der Waals surface area contributed by atoms with Gasteiger partial charge in [-0.3, -0.25) is 4.79 Å². The average Bonchev–Trinajstić information content (AvgIpc) is 2.63. The maximum atomic E-state index is 12.3. The SMILES string of the molecule is O=C(Nc1ccc(OS(=O)(=O)C(F)(F)F)cc1)Nc1ccc(SC(=O)C(F)(F)F)cc1. The summed E-state index contributed by atoms with van der Waals surface area (Å²) in [5.41, 5.74) is -5.37. The maximum Gasteiger partial charge on any atom is 0.534 e. The van der Waals surface area contributed by atoms with E-state index in [-0.39, 0.29) is 28.0 Å². The lowest BCUT2D eigenvalue weighted by atomic mass is 10.3. The molecular weight excluding hydrogens is 478 g/mol. The Balaban J connectivity index is 1.93. The van der Waals surface area contributed by atoms with E-state index in [9.17, 15) is 44.3 Å². The first-order valence-corrected chi connectivity index (χ1v) is 9.98. The van der Waals surface area contributed by atoms with Gasteiger partial charge in [-0.2, -0.15) is 34.8 Å². The first-order chi connectivity index (χ1) is 14.2. The number of hydrogen-bond acceptors (Lipinski definition) is 6. The Labute approximate surface area is 174 Å². The first-order valence-electron chi connectivity index (χ1n) is 7.75. The molecule has 0 atom stereocenters. The molecule has 2 aromatic rings. The van der Waals surface area contributed by atoms with Crippen molar-refractivity contribution in [2.75, 3.05) is 10.6 Å². The lowest BCUT2D eigenvalue weighted by Gasteiger charge is -2.11. The number of alkyl halides is 6. The van der Waals surface area contributed by atoms with Crippen molar-refractivity contribution in [1.29, 1.82) is 0 Å². The molecule has 2 N–H and O–H groups in total. The summed E-state index contributed by atoms with van der Waals surface area (Å²) in [6.07, 6.45) is -4.99. The van der Waals surface area contributed by atoms with Crippen molar-refractivity contribution >= 4 is 44.4 Å². The molecule has 0 bridgehead atoms. The van der Waals surface area contributed by atoms with Crippen LogP contribution in [0.25, 0.3) is 0 Å². The third-order valence-corrected chi connectivity index (χ3v) is 5.06. The Bertz CT molecular complexity index is 1050. The summed E-state index contributed by atoms with van der Waals surface area (Å²) in [6, 6.07) is 7.92. The van der Waals surface area contributed by atoms with Crippen molar-refractivity contribution in [3.05, 3.63) is 48.5 Å². The summed E-state index contributed by atoms with van der Waals surface area (Å²) in [5, 5.41) is 2.62. The zero-order valence-electron chi connectivity index (χ0n) is 14.7. The number of benzene rings is 2. The van der Waals surface area contributed by atoms with Crippen molar-refractivity contribution in [3.8, 4) is 5.75 Å². The van der Waals surface area contributed by atoms with Gasteiger partial charge in [-0.05, 0) is 60.3 Å². The predicted octanol–water partition coefficient (Wildman–Crippen LogP) is 4.74. The number of hydrogen-bond donors (Lipinski definition) is 2. The van der Waals surface area contributed by atoms with Crippen LogP contribution in [0, 0.1) is 0 Å². The van der Waals surface area contributed by atoms with E-state index in [1.165, 1.54) is 24.3 Å².